The smallest absolute Gasteiger partial charge is 0.342 e. The molecule has 8 heteroatoms. The number of phenolic OH excluding ortho intramolecular Hbond substituents is 1. The van der Waals surface area contributed by atoms with E-state index in [1.165, 1.54) is 35.5 Å². The zero-order valence-electron chi connectivity index (χ0n) is 22.1. The van der Waals surface area contributed by atoms with Gasteiger partial charge in [0.05, 0.1) is 35.5 Å². The summed E-state index contributed by atoms with van der Waals surface area (Å²) in [5.74, 6) is 1.49. The summed E-state index contributed by atoms with van der Waals surface area (Å²) in [6.07, 6.45) is 1.95. The molecule has 0 saturated carbocycles. The molecule has 0 aromatic heterocycles. The minimum atomic E-state index is -0.629. The molecular weight excluding hydrogens is 476 g/mol. The first-order valence-electron chi connectivity index (χ1n) is 11.5. The molecule has 3 rings (SSSR count). The van der Waals surface area contributed by atoms with Gasteiger partial charge in [0.15, 0.2) is 11.5 Å². The molecule has 0 aliphatic rings. The van der Waals surface area contributed by atoms with E-state index in [4.69, 9.17) is 28.4 Å². The van der Waals surface area contributed by atoms with Crippen molar-refractivity contribution in [1.29, 1.82) is 0 Å². The maximum absolute atomic E-state index is 13.2. The average molecular weight is 509 g/mol. The quantitative estimate of drug-likeness (QED) is 0.268. The van der Waals surface area contributed by atoms with Gasteiger partial charge in [-0.15, -0.1) is 0 Å². The van der Waals surface area contributed by atoms with Gasteiger partial charge in [0.2, 0.25) is 0 Å². The van der Waals surface area contributed by atoms with E-state index in [-0.39, 0.29) is 17.1 Å². The minimum absolute atomic E-state index is 0.114. The Labute approximate surface area is 217 Å². The van der Waals surface area contributed by atoms with E-state index in [9.17, 15) is 9.90 Å². The average Bonchev–Trinajstić information content (AvgIpc) is 2.91. The van der Waals surface area contributed by atoms with E-state index in [0.717, 1.165) is 5.57 Å². The largest absolute Gasteiger partial charge is 0.508 e. The van der Waals surface area contributed by atoms with E-state index in [1.807, 2.05) is 19.9 Å². The maximum atomic E-state index is 13.2. The van der Waals surface area contributed by atoms with Crippen LogP contribution < -0.4 is 23.7 Å². The molecule has 0 radical (unpaired) electrons. The van der Waals surface area contributed by atoms with Crippen molar-refractivity contribution >= 4 is 5.97 Å². The van der Waals surface area contributed by atoms with Crippen LogP contribution in [0.4, 0.5) is 0 Å². The highest BCUT2D eigenvalue weighted by Crippen LogP contribution is 2.50. The van der Waals surface area contributed by atoms with Gasteiger partial charge in [-0.05, 0) is 49.8 Å². The summed E-state index contributed by atoms with van der Waals surface area (Å²) in [6.45, 7) is 4.33. The molecule has 0 heterocycles. The van der Waals surface area contributed by atoms with Crippen LogP contribution in [0.3, 0.4) is 0 Å². The summed E-state index contributed by atoms with van der Waals surface area (Å²) in [4.78, 5) is 13.2. The molecular formula is C29H32O8. The molecule has 0 fully saturated rings. The Bertz CT molecular complexity index is 1290. The molecule has 0 atom stereocenters. The predicted molar refractivity (Wildman–Crippen MR) is 141 cm³/mol. The number of phenols is 1. The normalized spacial score (nSPS) is 10.4. The fourth-order valence-electron chi connectivity index (χ4n) is 3.91. The Morgan fingerprint density at radius 3 is 1.95 bits per heavy atom. The van der Waals surface area contributed by atoms with Crippen LogP contribution in [0.25, 0.3) is 22.3 Å². The first-order chi connectivity index (χ1) is 17.8. The summed E-state index contributed by atoms with van der Waals surface area (Å²) in [6, 6.07) is 11.7. The zero-order chi connectivity index (χ0) is 27.1. The number of esters is 1. The second kappa shape index (κ2) is 12.1. The fraction of sp³-hybridized carbons (Fsp3) is 0.276. The van der Waals surface area contributed by atoms with Gasteiger partial charge in [-0.1, -0.05) is 17.7 Å². The first kappa shape index (κ1) is 27.3. The first-order valence-corrected chi connectivity index (χ1v) is 11.5. The van der Waals surface area contributed by atoms with Crippen LogP contribution in [-0.2, 0) is 4.74 Å². The molecule has 37 heavy (non-hydrogen) atoms. The third-order valence-corrected chi connectivity index (χ3v) is 5.72. The Balaban J connectivity index is 2.35. The van der Waals surface area contributed by atoms with Crippen LogP contribution in [0, 0.1) is 0 Å². The van der Waals surface area contributed by atoms with Gasteiger partial charge in [-0.3, -0.25) is 0 Å². The molecule has 0 amide bonds. The van der Waals surface area contributed by atoms with Crippen molar-refractivity contribution in [3.8, 4) is 56.8 Å². The van der Waals surface area contributed by atoms with Crippen molar-refractivity contribution in [2.45, 2.75) is 13.8 Å². The number of ether oxygens (including phenoxy) is 6. The van der Waals surface area contributed by atoms with Crippen LogP contribution in [0.5, 0.6) is 34.5 Å². The molecule has 3 aromatic carbocycles. The van der Waals surface area contributed by atoms with Gasteiger partial charge >= 0.3 is 5.97 Å². The molecule has 3 aromatic rings. The van der Waals surface area contributed by atoms with E-state index in [2.05, 4.69) is 0 Å². The van der Waals surface area contributed by atoms with Crippen LogP contribution in [0.2, 0.25) is 0 Å². The summed E-state index contributed by atoms with van der Waals surface area (Å²) in [7, 11) is 7.33. The van der Waals surface area contributed by atoms with Gasteiger partial charge in [0.1, 0.15) is 35.2 Å². The Hall–Kier alpha value is -4.33. The monoisotopic (exact) mass is 508 g/mol. The topological polar surface area (TPSA) is 92.7 Å². The Kier molecular flexibility index (Phi) is 8.90. The number of benzene rings is 3. The van der Waals surface area contributed by atoms with Crippen LogP contribution in [-0.4, -0.2) is 53.2 Å². The molecule has 0 bridgehead atoms. The highest BCUT2D eigenvalue weighted by atomic mass is 16.5. The van der Waals surface area contributed by atoms with E-state index in [1.54, 1.807) is 42.5 Å². The lowest BCUT2D eigenvalue weighted by molar-refractivity contribution is 0.0597. The standard InChI is InChI=1S/C29H32O8/c1-17(2)12-13-37-24-16-22(32-3)21(15-23(24)33-4)26-25(34-5)14-20(18-8-10-19(30)11-9-18)28(35-6)27(26)29(31)36-7/h8-12,14-16,30H,13H2,1-7H3. The summed E-state index contributed by atoms with van der Waals surface area (Å²) < 4.78 is 33.9. The molecule has 1 N–H and O–H groups in total. The molecule has 0 aliphatic carbocycles. The summed E-state index contributed by atoms with van der Waals surface area (Å²) >= 11 is 0. The summed E-state index contributed by atoms with van der Waals surface area (Å²) in [5, 5.41) is 9.75. The lowest BCUT2D eigenvalue weighted by atomic mass is 9.91. The van der Waals surface area contributed by atoms with Gasteiger partial charge in [0.25, 0.3) is 0 Å². The number of hydrogen-bond acceptors (Lipinski definition) is 8. The van der Waals surface area contributed by atoms with Crippen molar-refractivity contribution in [3.05, 3.63) is 59.7 Å². The SMILES string of the molecule is COC(=O)c1c(OC)c(-c2ccc(O)cc2)cc(OC)c1-c1cc(OC)c(OCC=C(C)C)cc1OC. The number of allylic oxidation sites excluding steroid dienone is 1. The lowest BCUT2D eigenvalue weighted by Crippen LogP contribution is -2.10. The zero-order valence-corrected chi connectivity index (χ0v) is 22.1. The van der Waals surface area contributed by atoms with Crippen LogP contribution in [0.1, 0.15) is 24.2 Å². The lowest BCUT2D eigenvalue weighted by Gasteiger charge is -2.22. The third kappa shape index (κ3) is 5.74. The molecule has 0 unspecified atom stereocenters. The molecule has 0 aliphatic heterocycles. The van der Waals surface area contributed by atoms with E-state index >= 15 is 0 Å². The number of hydrogen-bond donors (Lipinski definition) is 1. The number of carbonyl (C=O) groups is 1. The summed E-state index contributed by atoms with van der Waals surface area (Å²) in [5.41, 5.74) is 3.47. The molecule has 196 valence electrons. The van der Waals surface area contributed by atoms with Gasteiger partial charge in [-0.25, -0.2) is 4.79 Å². The fourth-order valence-corrected chi connectivity index (χ4v) is 3.91. The molecule has 0 spiro atoms. The number of carbonyl (C=O) groups excluding carboxylic acids is 1. The molecule has 0 saturated heterocycles. The number of methoxy groups -OCH3 is 5. The molecule has 8 nitrogen and oxygen atoms in total. The second-order valence-corrected chi connectivity index (χ2v) is 8.24. The third-order valence-electron chi connectivity index (χ3n) is 5.72. The van der Waals surface area contributed by atoms with Gasteiger partial charge in [0, 0.05) is 22.8 Å². The van der Waals surface area contributed by atoms with Crippen molar-refractivity contribution in [2.24, 2.45) is 0 Å². The highest BCUT2D eigenvalue weighted by molar-refractivity contribution is 6.05. The van der Waals surface area contributed by atoms with Gasteiger partial charge in [-0.2, -0.15) is 0 Å². The predicted octanol–water partition coefficient (Wildman–Crippen LogP) is 5.89. The van der Waals surface area contributed by atoms with Crippen molar-refractivity contribution in [3.63, 3.8) is 0 Å². The van der Waals surface area contributed by atoms with E-state index in [0.29, 0.717) is 51.9 Å². The van der Waals surface area contributed by atoms with Crippen molar-refractivity contribution < 1.29 is 38.3 Å². The van der Waals surface area contributed by atoms with Crippen molar-refractivity contribution in [1.82, 2.24) is 0 Å². The van der Waals surface area contributed by atoms with Crippen LogP contribution >= 0.6 is 0 Å². The second-order valence-electron chi connectivity index (χ2n) is 8.24. The van der Waals surface area contributed by atoms with Gasteiger partial charge < -0.3 is 33.5 Å². The minimum Gasteiger partial charge on any atom is -0.508 e. The Morgan fingerprint density at radius 2 is 1.41 bits per heavy atom. The van der Waals surface area contributed by atoms with Crippen LogP contribution in [0.15, 0.2) is 54.1 Å². The van der Waals surface area contributed by atoms with Crippen molar-refractivity contribution in [2.75, 3.05) is 42.2 Å². The Morgan fingerprint density at radius 1 is 0.784 bits per heavy atom. The number of aromatic hydroxyl groups is 1. The number of rotatable bonds is 10. The highest BCUT2D eigenvalue weighted by Gasteiger charge is 2.30. The van der Waals surface area contributed by atoms with E-state index < -0.39 is 5.97 Å². The maximum Gasteiger partial charge on any atom is 0.342 e.